The molecule has 1 unspecified atom stereocenters. The van der Waals surface area contributed by atoms with Crippen molar-refractivity contribution in [2.45, 2.75) is 19.4 Å². The summed E-state index contributed by atoms with van der Waals surface area (Å²) in [6.45, 7) is 0.649. The van der Waals surface area contributed by atoms with Crippen LogP contribution in [-0.2, 0) is 16.1 Å². The fourth-order valence-corrected chi connectivity index (χ4v) is 1.52. The Morgan fingerprint density at radius 2 is 2.44 bits per heavy atom. The van der Waals surface area contributed by atoms with Gasteiger partial charge in [-0.05, 0) is 6.42 Å². The van der Waals surface area contributed by atoms with Crippen molar-refractivity contribution in [1.29, 1.82) is 0 Å². The normalized spacial score (nSPS) is 20.2. The van der Waals surface area contributed by atoms with E-state index in [9.17, 15) is 9.59 Å². The molecule has 1 aromatic heterocycles. The summed E-state index contributed by atoms with van der Waals surface area (Å²) in [5, 5.41) is 18.5. The van der Waals surface area contributed by atoms with Gasteiger partial charge >= 0.3 is 0 Å². The van der Waals surface area contributed by atoms with Crippen LogP contribution in [0.4, 0.5) is 0 Å². The number of nitrogens with one attached hydrogen (secondary N) is 3. The van der Waals surface area contributed by atoms with E-state index >= 15 is 0 Å². The zero-order valence-electron chi connectivity index (χ0n) is 8.56. The van der Waals surface area contributed by atoms with Crippen LogP contribution in [0.15, 0.2) is 0 Å². The second-order valence-corrected chi connectivity index (χ2v) is 3.59. The maximum Gasteiger partial charge on any atom is 0.225 e. The van der Waals surface area contributed by atoms with Crippen molar-refractivity contribution in [3.63, 3.8) is 0 Å². The van der Waals surface area contributed by atoms with Gasteiger partial charge in [0.25, 0.3) is 0 Å². The molecule has 8 nitrogen and oxygen atoms in total. The Morgan fingerprint density at radius 1 is 1.56 bits per heavy atom. The van der Waals surface area contributed by atoms with Gasteiger partial charge < -0.3 is 10.6 Å². The Bertz CT molecular complexity index is 366. The van der Waals surface area contributed by atoms with Gasteiger partial charge in [-0.15, -0.1) is 10.2 Å². The lowest BCUT2D eigenvalue weighted by molar-refractivity contribution is -0.129. The zero-order chi connectivity index (χ0) is 11.4. The predicted octanol–water partition coefficient (Wildman–Crippen LogP) is -1.66. The van der Waals surface area contributed by atoms with Crippen LogP contribution in [0.5, 0.6) is 0 Å². The van der Waals surface area contributed by atoms with Gasteiger partial charge in [0.2, 0.25) is 11.8 Å². The Balaban J connectivity index is 1.77. The van der Waals surface area contributed by atoms with E-state index in [2.05, 4.69) is 31.3 Å². The first-order chi connectivity index (χ1) is 7.75. The number of piperidine rings is 1. The SMILES string of the molecule is O=C1CCC(C(=O)NCc2nn[nH]n2)CN1. The standard InChI is InChI=1S/C8H12N6O2/c15-7-2-1-5(3-9-7)8(16)10-4-6-11-13-14-12-6/h5H,1-4H2,(H,9,15)(H,10,16)(H,11,12,13,14). The molecule has 1 fully saturated rings. The minimum Gasteiger partial charge on any atom is -0.355 e. The number of aromatic nitrogens is 4. The lowest BCUT2D eigenvalue weighted by atomic mass is 9.98. The largest absolute Gasteiger partial charge is 0.355 e. The summed E-state index contributed by atoms with van der Waals surface area (Å²) in [6, 6.07) is 0. The van der Waals surface area contributed by atoms with Crippen molar-refractivity contribution >= 4 is 11.8 Å². The van der Waals surface area contributed by atoms with Gasteiger partial charge in [-0.3, -0.25) is 9.59 Å². The van der Waals surface area contributed by atoms with Crippen LogP contribution in [0.2, 0.25) is 0 Å². The summed E-state index contributed by atoms with van der Waals surface area (Å²) in [5.41, 5.74) is 0. The number of H-pyrrole nitrogens is 1. The number of rotatable bonds is 3. The molecule has 8 heteroatoms. The van der Waals surface area contributed by atoms with Crippen molar-refractivity contribution in [2.75, 3.05) is 6.54 Å². The van der Waals surface area contributed by atoms with Crippen molar-refractivity contribution in [3.8, 4) is 0 Å². The molecular weight excluding hydrogens is 212 g/mol. The molecule has 0 radical (unpaired) electrons. The summed E-state index contributed by atoms with van der Waals surface area (Å²) < 4.78 is 0. The molecule has 2 rings (SSSR count). The van der Waals surface area contributed by atoms with Crippen LogP contribution in [-0.4, -0.2) is 39.0 Å². The summed E-state index contributed by atoms with van der Waals surface area (Å²) >= 11 is 0. The minimum atomic E-state index is -0.162. The molecule has 1 aliphatic rings. The monoisotopic (exact) mass is 224 g/mol. The smallest absolute Gasteiger partial charge is 0.225 e. The second kappa shape index (κ2) is 4.69. The molecule has 0 spiro atoms. The lowest BCUT2D eigenvalue weighted by Crippen LogP contribution is -2.42. The average Bonchev–Trinajstić information content (AvgIpc) is 2.80. The van der Waals surface area contributed by atoms with E-state index in [1.54, 1.807) is 0 Å². The minimum absolute atomic E-state index is 0.00205. The highest BCUT2D eigenvalue weighted by molar-refractivity contribution is 5.83. The number of nitrogens with zero attached hydrogens (tertiary/aromatic N) is 3. The van der Waals surface area contributed by atoms with Gasteiger partial charge in [-0.1, -0.05) is 5.21 Å². The summed E-state index contributed by atoms with van der Waals surface area (Å²) in [7, 11) is 0. The fraction of sp³-hybridized carbons (Fsp3) is 0.625. The van der Waals surface area contributed by atoms with E-state index in [1.807, 2.05) is 0 Å². The summed E-state index contributed by atoms with van der Waals surface area (Å²) in [6.07, 6.45) is 0.990. The first kappa shape index (κ1) is 10.5. The molecule has 2 amide bonds. The van der Waals surface area contributed by atoms with Crippen LogP contribution in [0.25, 0.3) is 0 Å². The third-order valence-corrected chi connectivity index (χ3v) is 2.45. The van der Waals surface area contributed by atoms with Crippen molar-refractivity contribution < 1.29 is 9.59 Å². The maximum atomic E-state index is 11.7. The number of carbonyl (C=O) groups is 2. The van der Waals surface area contributed by atoms with Crippen LogP contribution in [0.3, 0.4) is 0 Å². The molecule has 1 aliphatic heterocycles. The predicted molar refractivity (Wildman–Crippen MR) is 51.8 cm³/mol. The molecule has 0 saturated carbocycles. The Morgan fingerprint density at radius 3 is 3.06 bits per heavy atom. The van der Waals surface area contributed by atoms with E-state index in [-0.39, 0.29) is 24.3 Å². The van der Waals surface area contributed by atoms with Crippen LogP contribution in [0, 0.1) is 5.92 Å². The second-order valence-electron chi connectivity index (χ2n) is 3.59. The lowest BCUT2D eigenvalue weighted by Gasteiger charge is -2.21. The number of amides is 2. The van der Waals surface area contributed by atoms with E-state index in [0.29, 0.717) is 25.2 Å². The quantitative estimate of drug-likeness (QED) is 0.569. The summed E-state index contributed by atoms with van der Waals surface area (Å²) in [4.78, 5) is 22.6. The Labute approximate surface area is 91.2 Å². The Kier molecular flexibility index (Phi) is 3.08. The first-order valence-electron chi connectivity index (χ1n) is 5.02. The van der Waals surface area contributed by atoms with E-state index in [4.69, 9.17) is 0 Å². The molecule has 16 heavy (non-hydrogen) atoms. The highest BCUT2D eigenvalue weighted by Crippen LogP contribution is 2.10. The van der Waals surface area contributed by atoms with Gasteiger partial charge in [0.15, 0.2) is 5.82 Å². The Hall–Kier alpha value is -1.99. The van der Waals surface area contributed by atoms with Gasteiger partial charge in [-0.25, -0.2) is 0 Å². The van der Waals surface area contributed by atoms with Gasteiger partial charge in [-0.2, -0.15) is 5.21 Å². The number of hydrogen-bond acceptors (Lipinski definition) is 5. The van der Waals surface area contributed by atoms with Crippen molar-refractivity contribution in [1.82, 2.24) is 31.3 Å². The molecule has 0 bridgehead atoms. The molecule has 2 heterocycles. The van der Waals surface area contributed by atoms with Gasteiger partial charge in [0.1, 0.15) is 0 Å². The van der Waals surface area contributed by atoms with Crippen molar-refractivity contribution in [2.24, 2.45) is 5.92 Å². The molecule has 1 aromatic rings. The first-order valence-corrected chi connectivity index (χ1v) is 5.02. The maximum absolute atomic E-state index is 11.7. The molecule has 0 aliphatic carbocycles. The van der Waals surface area contributed by atoms with E-state index in [0.717, 1.165) is 0 Å². The topological polar surface area (TPSA) is 113 Å². The third kappa shape index (κ3) is 2.53. The molecule has 86 valence electrons. The van der Waals surface area contributed by atoms with Crippen molar-refractivity contribution in [3.05, 3.63) is 5.82 Å². The molecule has 1 saturated heterocycles. The van der Waals surface area contributed by atoms with Gasteiger partial charge in [0.05, 0.1) is 12.5 Å². The number of aromatic amines is 1. The van der Waals surface area contributed by atoms with Crippen LogP contribution in [0.1, 0.15) is 18.7 Å². The number of hydrogen-bond donors (Lipinski definition) is 3. The highest BCUT2D eigenvalue weighted by Gasteiger charge is 2.24. The highest BCUT2D eigenvalue weighted by atomic mass is 16.2. The van der Waals surface area contributed by atoms with Crippen LogP contribution < -0.4 is 10.6 Å². The average molecular weight is 224 g/mol. The molecule has 3 N–H and O–H groups in total. The fourth-order valence-electron chi connectivity index (χ4n) is 1.52. The number of tetrazole rings is 1. The van der Waals surface area contributed by atoms with Crippen LogP contribution >= 0.6 is 0 Å². The van der Waals surface area contributed by atoms with Gasteiger partial charge in [0, 0.05) is 13.0 Å². The number of carbonyl (C=O) groups excluding carboxylic acids is 2. The zero-order valence-corrected chi connectivity index (χ0v) is 8.56. The molecule has 1 atom stereocenters. The van der Waals surface area contributed by atoms with E-state index in [1.165, 1.54) is 0 Å². The summed E-state index contributed by atoms with van der Waals surface area (Å²) in [5.74, 6) is 0.185. The molecule has 0 aromatic carbocycles. The third-order valence-electron chi connectivity index (χ3n) is 2.45. The van der Waals surface area contributed by atoms with E-state index < -0.39 is 0 Å². The molecular formula is C8H12N6O2.